The summed E-state index contributed by atoms with van der Waals surface area (Å²) < 4.78 is 0. The Morgan fingerprint density at radius 2 is 1.34 bits per heavy atom. The van der Waals surface area contributed by atoms with Crippen molar-refractivity contribution in [1.29, 1.82) is 0 Å². The fraction of sp³-hybridized carbons (Fsp3) is 0.400. The van der Waals surface area contributed by atoms with Crippen LogP contribution in [0.25, 0.3) is 0 Å². The van der Waals surface area contributed by atoms with Gasteiger partial charge >= 0.3 is 0 Å². The third-order valence-corrected chi connectivity index (χ3v) is 4.77. The van der Waals surface area contributed by atoms with Crippen LogP contribution in [-0.2, 0) is 9.59 Å². The van der Waals surface area contributed by atoms with Crippen molar-refractivity contribution in [2.24, 2.45) is 0 Å². The lowest BCUT2D eigenvalue weighted by Crippen LogP contribution is -2.32. The van der Waals surface area contributed by atoms with Crippen molar-refractivity contribution in [3.05, 3.63) is 54.1 Å². The molecular formula is C25H34N4O3. The zero-order chi connectivity index (χ0) is 23.3. The number of anilines is 3. The number of nitrogens with zero attached hydrogens (tertiary/aromatic N) is 1. The molecule has 3 N–H and O–H groups in total. The zero-order valence-electron chi connectivity index (χ0n) is 19.2. The number of benzene rings is 2. The monoisotopic (exact) mass is 438 g/mol. The molecule has 0 bridgehead atoms. The largest absolute Gasteiger partial charge is 0.376 e. The van der Waals surface area contributed by atoms with Gasteiger partial charge in [-0.05, 0) is 61.7 Å². The quantitative estimate of drug-likeness (QED) is 0.446. The SMILES string of the molecule is CCCC(=O)Nc1cccc(NC(=O)CNc2ccc(C(=O)N(CCC)CCC)cc2)c1. The Bertz CT molecular complexity index is 890. The number of hydrogen-bond acceptors (Lipinski definition) is 4. The number of nitrogens with one attached hydrogen (secondary N) is 3. The molecule has 2 aromatic rings. The van der Waals surface area contributed by atoms with Crippen LogP contribution in [0.1, 0.15) is 56.8 Å². The molecule has 172 valence electrons. The normalized spacial score (nSPS) is 10.3. The van der Waals surface area contributed by atoms with E-state index in [1.165, 1.54) is 0 Å². The van der Waals surface area contributed by atoms with E-state index in [2.05, 4.69) is 29.8 Å². The Morgan fingerprint density at radius 3 is 1.91 bits per heavy atom. The maximum absolute atomic E-state index is 12.7. The molecule has 0 heterocycles. The predicted octanol–water partition coefficient (Wildman–Crippen LogP) is 4.74. The number of carbonyl (C=O) groups is 3. The van der Waals surface area contributed by atoms with Gasteiger partial charge in [-0.2, -0.15) is 0 Å². The summed E-state index contributed by atoms with van der Waals surface area (Å²) in [6, 6.07) is 14.2. The van der Waals surface area contributed by atoms with E-state index in [9.17, 15) is 14.4 Å². The van der Waals surface area contributed by atoms with Crippen LogP contribution in [0, 0.1) is 0 Å². The summed E-state index contributed by atoms with van der Waals surface area (Å²) in [7, 11) is 0. The first-order chi connectivity index (χ1) is 15.5. The first kappa shape index (κ1) is 24.9. The van der Waals surface area contributed by atoms with Crippen LogP contribution in [0.2, 0.25) is 0 Å². The van der Waals surface area contributed by atoms with E-state index in [0.29, 0.717) is 23.4 Å². The minimum atomic E-state index is -0.209. The first-order valence-electron chi connectivity index (χ1n) is 11.3. The lowest BCUT2D eigenvalue weighted by Gasteiger charge is -2.21. The van der Waals surface area contributed by atoms with E-state index in [0.717, 1.165) is 38.0 Å². The highest BCUT2D eigenvalue weighted by Gasteiger charge is 2.14. The fourth-order valence-corrected chi connectivity index (χ4v) is 3.28. The molecule has 0 radical (unpaired) electrons. The summed E-state index contributed by atoms with van der Waals surface area (Å²) in [6.07, 6.45) is 3.09. The summed E-state index contributed by atoms with van der Waals surface area (Å²) in [5.74, 6) is -0.227. The maximum Gasteiger partial charge on any atom is 0.253 e. The molecule has 0 fully saturated rings. The highest BCUT2D eigenvalue weighted by atomic mass is 16.2. The van der Waals surface area contributed by atoms with Crippen LogP contribution in [0.15, 0.2) is 48.5 Å². The smallest absolute Gasteiger partial charge is 0.253 e. The van der Waals surface area contributed by atoms with Gasteiger partial charge in [-0.15, -0.1) is 0 Å². The van der Waals surface area contributed by atoms with Gasteiger partial charge in [0, 0.05) is 42.1 Å². The molecule has 0 spiro atoms. The number of hydrogen-bond donors (Lipinski definition) is 3. The highest BCUT2D eigenvalue weighted by Crippen LogP contribution is 2.16. The second-order valence-corrected chi connectivity index (χ2v) is 7.65. The Kier molecular flexibility index (Phi) is 10.2. The van der Waals surface area contributed by atoms with E-state index < -0.39 is 0 Å². The van der Waals surface area contributed by atoms with Gasteiger partial charge < -0.3 is 20.9 Å². The minimum absolute atomic E-state index is 0.0314. The number of amides is 3. The van der Waals surface area contributed by atoms with Gasteiger partial charge in [-0.25, -0.2) is 0 Å². The van der Waals surface area contributed by atoms with Gasteiger partial charge in [0.15, 0.2) is 0 Å². The average Bonchev–Trinajstić information content (AvgIpc) is 2.78. The second kappa shape index (κ2) is 13.1. The zero-order valence-corrected chi connectivity index (χ0v) is 19.2. The van der Waals surface area contributed by atoms with Crippen molar-refractivity contribution >= 4 is 34.8 Å². The summed E-state index contributed by atoms with van der Waals surface area (Å²) in [6.45, 7) is 7.64. The predicted molar refractivity (Wildman–Crippen MR) is 130 cm³/mol. The molecule has 0 aliphatic carbocycles. The lowest BCUT2D eigenvalue weighted by atomic mass is 10.1. The van der Waals surface area contributed by atoms with Gasteiger partial charge in [0.1, 0.15) is 0 Å². The van der Waals surface area contributed by atoms with Crippen LogP contribution in [-0.4, -0.2) is 42.3 Å². The van der Waals surface area contributed by atoms with E-state index in [1.54, 1.807) is 48.5 Å². The van der Waals surface area contributed by atoms with Crippen LogP contribution >= 0.6 is 0 Å². The van der Waals surface area contributed by atoms with Gasteiger partial charge in [-0.3, -0.25) is 14.4 Å². The van der Waals surface area contributed by atoms with Crippen molar-refractivity contribution in [2.75, 3.05) is 35.6 Å². The average molecular weight is 439 g/mol. The van der Waals surface area contributed by atoms with Gasteiger partial charge in [0.2, 0.25) is 11.8 Å². The van der Waals surface area contributed by atoms with E-state index in [-0.39, 0.29) is 24.3 Å². The highest BCUT2D eigenvalue weighted by molar-refractivity contribution is 5.96. The van der Waals surface area contributed by atoms with Crippen LogP contribution in [0.4, 0.5) is 17.1 Å². The van der Waals surface area contributed by atoms with Gasteiger partial charge in [-0.1, -0.05) is 26.8 Å². The second-order valence-electron chi connectivity index (χ2n) is 7.65. The number of carbonyl (C=O) groups excluding carboxylic acids is 3. The molecule has 3 amide bonds. The fourth-order valence-electron chi connectivity index (χ4n) is 3.28. The summed E-state index contributed by atoms with van der Waals surface area (Å²) in [4.78, 5) is 38.6. The molecular weight excluding hydrogens is 404 g/mol. The Morgan fingerprint density at radius 1 is 0.750 bits per heavy atom. The Balaban J connectivity index is 1.88. The molecule has 0 aromatic heterocycles. The third kappa shape index (κ3) is 8.06. The molecule has 2 rings (SSSR count). The van der Waals surface area contributed by atoms with Gasteiger partial charge in [0.05, 0.1) is 6.54 Å². The van der Waals surface area contributed by atoms with Crippen molar-refractivity contribution in [3.63, 3.8) is 0 Å². The standard InChI is InChI=1S/C25H34N4O3/c1-4-8-23(30)27-21-9-7-10-22(17-21)28-24(31)18-26-20-13-11-19(12-14-20)25(32)29(15-5-2)16-6-3/h7,9-14,17,26H,4-6,8,15-16,18H2,1-3H3,(H,27,30)(H,28,31). The van der Waals surface area contributed by atoms with Crippen molar-refractivity contribution in [1.82, 2.24) is 4.90 Å². The molecule has 0 aliphatic heterocycles. The Labute approximate surface area is 190 Å². The summed E-state index contributed by atoms with van der Waals surface area (Å²) >= 11 is 0. The van der Waals surface area contributed by atoms with Crippen LogP contribution in [0.3, 0.4) is 0 Å². The van der Waals surface area contributed by atoms with Crippen molar-refractivity contribution in [3.8, 4) is 0 Å². The van der Waals surface area contributed by atoms with E-state index >= 15 is 0 Å². The minimum Gasteiger partial charge on any atom is -0.376 e. The van der Waals surface area contributed by atoms with Gasteiger partial charge in [0.25, 0.3) is 5.91 Å². The molecule has 0 saturated carbocycles. The van der Waals surface area contributed by atoms with Crippen LogP contribution in [0.5, 0.6) is 0 Å². The van der Waals surface area contributed by atoms with Crippen LogP contribution < -0.4 is 16.0 Å². The summed E-state index contributed by atoms with van der Waals surface area (Å²) in [5, 5.41) is 8.70. The van der Waals surface area contributed by atoms with Crippen molar-refractivity contribution < 1.29 is 14.4 Å². The number of rotatable bonds is 12. The maximum atomic E-state index is 12.7. The molecule has 0 saturated heterocycles. The third-order valence-electron chi connectivity index (χ3n) is 4.77. The molecule has 7 heteroatoms. The molecule has 0 atom stereocenters. The molecule has 2 aromatic carbocycles. The van der Waals surface area contributed by atoms with E-state index in [4.69, 9.17) is 0 Å². The van der Waals surface area contributed by atoms with Crippen molar-refractivity contribution in [2.45, 2.75) is 46.5 Å². The molecule has 0 unspecified atom stereocenters. The molecule has 0 aliphatic rings. The lowest BCUT2D eigenvalue weighted by molar-refractivity contribution is -0.116. The Hall–Kier alpha value is -3.35. The molecule has 7 nitrogen and oxygen atoms in total. The first-order valence-corrected chi connectivity index (χ1v) is 11.3. The van der Waals surface area contributed by atoms with E-state index in [1.807, 2.05) is 11.8 Å². The summed E-state index contributed by atoms with van der Waals surface area (Å²) in [5.41, 5.74) is 2.66. The topological polar surface area (TPSA) is 90.5 Å². The molecule has 32 heavy (non-hydrogen) atoms.